The van der Waals surface area contributed by atoms with Crippen LogP contribution in [0.5, 0.6) is 0 Å². The largest absolute Gasteiger partial charge is 0.456 e. The number of ether oxygens (including phenoxy) is 2. The first-order chi connectivity index (χ1) is 13.1. The maximum Gasteiger partial charge on any atom is 0.338 e. The van der Waals surface area contributed by atoms with Crippen molar-refractivity contribution in [3.05, 3.63) is 35.4 Å². The quantitative estimate of drug-likeness (QED) is 0.294. The highest BCUT2D eigenvalue weighted by Crippen LogP contribution is 2.22. The van der Waals surface area contributed by atoms with Crippen LogP contribution in [0.25, 0.3) is 0 Å². The van der Waals surface area contributed by atoms with E-state index in [-0.39, 0.29) is 11.9 Å². The van der Waals surface area contributed by atoms with Crippen LogP contribution in [0.2, 0.25) is 0 Å². The molecule has 0 aliphatic heterocycles. The van der Waals surface area contributed by atoms with Gasteiger partial charge in [0.05, 0.1) is 11.1 Å². The van der Waals surface area contributed by atoms with Crippen molar-refractivity contribution in [3.63, 3.8) is 0 Å². The first kappa shape index (κ1) is 24.2. The average Bonchev–Trinajstić information content (AvgIpc) is 2.61. The van der Waals surface area contributed by atoms with Gasteiger partial charge in [0.1, 0.15) is 11.2 Å². The molecule has 0 aliphatic rings. The molecule has 1 aromatic carbocycles. The van der Waals surface area contributed by atoms with Crippen LogP contribution < -0.4 is 0 Å². The van der Waals surface area contributed by atoms with Crippen molar-refractivity contribution in [1.82, 2.24) is 0 Å². The zero-order chi connectivity index (χ0) is 21.2. The molecule has 158 valence electrons. The van der Waals surface area contributed by atoms with Crippen LogP contribution in [0.4, 0.5) is 0 Å². The van der Waals surface area contributed by atoms with Gasteiger partial charge in [0.15, 0.2) is 0 Å². The Bertz CT molecular complexity index is 559. The number of unbranched alkanes of at least 4 members (excludes halogenated alkanes) is 4. The first-order valence-electron chi connectivity index (χ1n) is 10.7. The van der Waals surface area contributed by atoms with Gasteiger partial charge in [0.25, 0.3) is 0 Å². The Morgan fingerprint density at radius 1 is 0.679 bits per heavy atom. The molecular formula is C24H38O4. The van der Waals surface area contributed by atoms with Gasteiger partial charge in [-0.15, -0.1) is 0 Å². The summed E-state index contributed by atoms with van der Waals surface area (Å²) in [6.45, 7) is 12.1. The number of hydrogen-bond acceptors (Lipinski definition) is 4. The summed E-state index contributed by atoms with van der Waals surface area (Å²) in [4.78, 5) is 24.8. The predicted octanol–water partition coefficient (Wildman–Crippen LogP) is 6.72. The SMILES string of the molecule is CCCCCC(C)(C)OC(=O)c1ccc(C(=O)OC(C)(C)CCCCC)cc1. The minimum Gasteiger partial charge on any atom is -0.456 e. The van der Waals surface area contributed by atoms with Crippen molar-refractivity contribution >= 4 is 11.9 Å². The fraction of sp³-hybridized carbons (Fsp3) is 0.667. The lowest BCUT2D eigenvalue weighted by atomic mass is 10.00. The smallest absolute Gasteiger partial charge is 0.338 e. The van der Waals surface area contributed by atoms with Gasteiger partial charge in [-0.2, -0.15) is 0 Å². The summed E-state index contributed by atoms with van der Waals surface area (Å²) in [5.41, 5.74) is -0.0942. The van der Waals surface area contributed by atoms with Crippen LogP contribution in [-0.4, -0.2) is 23.1 Å². The molecule has 0 heterocycles. The van der Waals surface area contributed by atoms with Crippen molar-refractivity contribution in [2.24, 2.45) is 0 Å². The Hall–Kier alpha value is -1.84. The lowest BCUT2D eigenvalue weighted by Crippen LogP contribution is -2.28. The summed E-state index contributed by atoms with van der Waals surface area (Å²) in [5.74, 6) is -0.720. The molecule has 0 atom stereocenters. The lowest BCUT2D eigenvalue weighted by Gasteiger charge is -2.26. The third-order valence-corrected chi connectivity index (χ3v) is 4.86. The van der Waals surface area contributed by atoms with Crippen molar-refractivity contribution in [2.45, 2.75) is 104 Å². The molecule has 0 radical (unpaired) electrons. The van der Waals surface area contributed by atoms with E-state index >= 15 is 0 Å². The maximum absolute atomic E-state index is 12.4. The highest BCUT2D eigenvalue weighted by atomic mass is 16.6. The zero-order valence-corrected chi connectivity index (χ0v) is 18.6. The molecule has 0 unspecified atom stereocenters. The molecular weight excluding hydrogens is 352 g/mol. The zero-order valence-electron chi connectivity index (χ0n) is 18.6. The molecule has 28 heavy (non-hydrogen) atoms. The van der Waals surface area contributed by atoms with Gasteiger partial charge in [-0.25, -0.2) is 9.59 Å². The molecule has 0 aliphatic carbocycles. The van der Waals surface area contributed by atoms with E-state index in [9.17, 15) is 9.59 Å². The van der Waals surface area contributed by atoms with Crippen molar-refractivity contribution < 1.29 is 19.1 Å². The molecule has 1 aromatic rings. The second-order valence-electron chi connectivity index (χ2n) is 8.79. The van der Waals surface area contributed by atoms with E-state index in [0.717, 1.165) is 51.4 Å². The molecule has 4 nitrogen and oxygen atoms in total. The summed E-state index contributed by atoms with van der Waals surface area (Å²) in [6, 6.07) is 6.52. The molecule has 0 amide bonds. The van der Waals surface area contributed by atoms with Gasteiger partial charge in [-0.1, -0.05) is 39.5 Å². The molecule has 4 heteroatoms. The van der Waals surface area contributed by atoms with E-state index in [1.54, 1.807) is 24.3 Å². The topological polar surface area (TPSA) is 52.6 Å². The van der Waals surface area contributed by atoms with Crippen molar-refractivity contribution in [3.8, 4) is 0 Å². The second kappa shape index (κ2) is 11.2. The van der Waals surface area contributed by atoms with Crippen molar-refractivity contribution in [1.29, 1.82) is 0 Å². The minimum atomic E-state index is -0.494. The van der Waals surface area contributed by atoms with E-state index in [4.69, 9.17) is 9.47 Å². The average molecular weight is 391 g/mol. The molecule has 0 saturated heterocycles. The molecule has 0 N–H and O–H groups in total. The Morgan fingerprint density at radius 3 is 1.29 bits per heavy atom. The number of benzene rings is 1. The van der Waals surface area contributed by atoms with Crippen LogP contribution in [0.3, 0.4) is 0 Å². The highest BCUT2D eigenvalue weighted by molar-refractivity contribution is 5.93. The van der Waals surface area contributed by atoms with Crippen LogP contribution in [0.15, 0.2) is 24.3 Å². The van der Waals surface area contributed by atoms with Gasteiger partial charge in [0.2, 0.25) is 0 Å². The fourth-order valence-corrected chi connectivity index (χ4v) is 3.07. The summed E-state index contributed by atoms with van der Waals surface area (Å²) in [5, 5.41) is 0. The number of carbonyl (C=O) groups excluding carboxylic acids is 2. The highest BCUT2D eigenvalue weighted by Gasteiger charge is 2.25. The number of carbonyl (C=O) groups is 2. The van der Waals surface area contributed by atoms with Gasteiger partial charge >= 0.3 is 11.9 Å². The maximum atomic E-state index is 12.4. The van der Waals surface area contributed by atoms with Gasteiger partial charge in [0, 0.05) is 0 Å². The normalized spacial score (nSPS) is 11.9. The molecule has 0 aromatic heterocycles. The Kier molecular flexibility index (Phi) is 9.71. The predicted molar refractivity (Wildman–Crippen MR) is 114 cm³/mol. The monoisotopic (exact) mass is 390 g/mol. The van der Waals surface area contributed by atoms with E-state index in [0.29, 0.717) is 11.1 Å². The van der Waals surface area contributed by atoms with E-state index in [1.807, 2.05) is 27.7 Å². The second-order valence-corrected chi connectivity index (χ2v) is 8.79. The third kappa shape index (κ3) is 8.90. The summed E-state index contributed by atoms with van der Waals surface area (Å²) >= 11 is 0. The number of rotatable bonds is 12. The lowest BCUT2D eigenvalue weighted by molar-refractivity contribution is -0.00708. The van der Waals surface area contributed by atoms with Gasteiger partial charge in [-0.3, -0.25) is 0 Å². The Balaban J connectivity index is 2.64. The van der Waals surface area contributed by atoms with E-state index < -0.39 is 11.2 Å². The summed E-state index contributed by atoms with van der Waals surface area (Å²) < 4.78 is 11.3. The Labute approximate surface area is 171 Å². The van der Waals surface area contributed by atoms with E-state index in [1.165, 1.54) is 0 Å². The third-order valence-electron chi connectivity index (χ3n) is 4.86. The number of hydrogen-bond donors (Lipinski definition) is 0. The first-order valence-corrected chi connectivity index (χ1v) is 10.7. The number of esters is 2. The van der Waals surface area contributed by atoms with Crippen LogP contribution in [0.1, 0.15) is 114 Å². The molecule has 0 bridgehead atoms. The van der Waals surface area contributed by atoms with Crippen LogP contribution >= 0.6 is 0 Å². The minimum absolute atomic E-state index is 0.360. The molecule has 1 rings (SSSR count). The summed E-state index contributed by atoms with van der Waals surface area (Å²) in [7, 11) is 0. The van der Waals surface area contributed by atoms with Crippen LogP contribution in [0, 0.1) is 0 Å². The van der Waals surface area contributed by atoms with Gasteiger partial charge < -0.3 is 9.47 Å². The Morgan fingerprint density at radius 2 is 1.00 bits per heavy atom. The van der Waals surface area contributed by atoms with Crippen LogP contribution in [-0.2, 0) is 9.47 Å². The summed E-state index contributed by atoms with van der Waals surface area (Å²) in [6.07, 6.45) is 8.28. The molecule has 0 saturated carbocycles. The molecule has 0 fully saturated rings. The van der Waals surface area contributed by atoms with E-state index in [2.05, 4.69) is 13.8 Å². The fourth-order valence-electron chi connectivity index (χ4n) is 3.07. The van der Waals surface area contributed by atoms with Gasteiger partial charge in [-0.05, 0) is 77.6 Å². The standard InChI is InChI=1S/C24H38O4/c1-7-9-11-17-23(3,4)27-21(25)19-13-15-20(16-14-19)22(26)28-24(5,6)18-12-10-8-2/h13-16H,7-12,17-18H2,1-6H3. The van der Waals surface area contributed by atoms with Crippen molar-refractivity contribution in [2.75, 3.05) is 0 Å². The molecule has 0 spiro atoms.